The van der Waals surface area contributed by atoms with Crippen LogP contribution in [0.1, 0.15) is 67.1 Å². The van der Waals surface area contributed by atoms with Crippen molar-refractivity contribution in [1.29, 1.82) is 0 Å². The number of imidazole rings is 1. The third-order valence-corrected chi connectivity index (χ3v) is 8.47. The summed E-state index contributed by atoms with van der Waals surface area (Å²) in [6.07, 6.45) is 6.11. The molecule has 1 aromatic carbocycles. The molecule has 0 saturated heterocycles. The minimum absolute atomic E-state index is 0.0000461. The molecule has 11 nitrogen and oxygen atoms in total. The molecule has 2 aliphatic carbocycles. The van der Waals surface area contributed by atoms with Crippen LogP contribution in [-0.2, 0) is 12.7 Å². The summed E-state index contributed by atoms with van der Waals surface area (Å²) < 4.78 is 49.3. The molecule has 4 heterocycles. The van der Waals surface area contributed by atoms with E-state index in [-0.39, 0.29) is 29.9 Å². The molecule has 0 spiro atoms. The van der Waals surface area contributed by atoms with E-state index in [0.717, 1.165) is 43.1 Å². The van der Waals surface area contributed by atoms with Crippen molar-refractivity contribution in [1.82, 2.24) is 34.1 Å². The number of aromatic nitrogens is 7. The molecule has 0 unspecified atom stereocenters. The highest BCUT2D eigenvalue weighted by Gasteiger charge is 2.37. The van der Waals surface area contributed by atoms with Gasteiger partial charge >= 0.3 is 6.18 Å². The Balaban J connectivity index is 1.34. The highest BCUT2D eigenvalue weighted by Crippen LogP contribution is 2.45. The van der Waals surface area contributed by atoms with Crippen molar-refractivity contribution < 1.29 is 17.9 Å². The van der Waals surface area contributed by atoms with Gasteiger partial charge in [-0.25, -0.2) is 24.9 Å². The number of alkyl halides is 3. The second-order valence-electron chi connectivity index (χ2n) is 11.9. The van der Waals surface area contributed by atoms with Gasteiger partial charge in [-0.2, -0.15) is 13.2 Å². The van der Waals surface area contributed by atoms with E-state index in [1.54, 1.807) is 47.3 Å². The average molecular weight is 656 g/mol. The van der Waals surface area contributed by atoms with Crippen LogP contribution in [0.3, 0.4) is 0 Å². The van der Waals surface area contributed by atoms with Crippen LogP contribution in [0.5, 0.6) is 5.88 Å². The second-order valence-corrected chi connectivity index (χ2v) is 11.9. The van der Waals surface area contributed by atoms with Crippen LogP contribution < -0.4 is 16.0 Å². The minimum atomic E-state index is -4.54. The largest absolute Gasteiger partial charge is 0.480 e. The number of aliphatic imine (C=N–C) groups is 1. The molecule has 0 aliphatic heterocycles. The van der Waals surface area contributed by atoms with Gasteiger partial charge in [0.15, 0.2) is 11.5 Å². The fourth-order valence-electron chi connectivity index (χ4n) is 5.75. The summed E-state index contributed by atoms with van der Waals surface area (Å²) >= 11 is 0. The van der Waals surface area contributed by atoms with Gasteiger partial charge in [0.25, 0.3) is 5.56 Å². The quantitative estimate of drug-likeness (QED) is 0.187. The number of nitrogens with zero attached hydrogens (tertiary/aromatic N) is 8. The Labute approximate surface area is 273 Å². The molecule has 2 aliphatic rings. The lowest BCUT2D eigenvalue weighted by Crippen LogP contribution is -2.26. The minimum Gasteiger partial charge on any atom is -0.480 e. The first kappa shape index (κ1) is 31.2. The van der Waals surface area contributed by atoms with Crippen LogP contribution in [0, 0.1) is 0 Å². The number of hydrogen-bond acceptors (Lipinski definition) is 9. The van der Waals surface area contributed by atoms with Gasteiger partial charge < -0.3 is 15.0 Å². The maximum Gasteiger partial charge on any atom is 0.434 e. The molecule has 48 heavy (non-hydrogen) atoms. The van der Waals surface area contributed by atoms with Crippen molar-refractivity contribution in [2.75, 3.05) is 13.7 Å². The van der Waals surface area contributed by atoms with E-state index in [2.05, 4.69) is 24.9 Å². The molecule has 0 amide bonds. The Bertz CT molecular complexity index is 2130. The monoisotopic (exact) mass is 655 g/mol. The number of benzene rings is 1. The predicted molar refractivity (Wildman–Crippen MR) is 175 cm³/mol. The molecular weight excluding hydrogens is 623 g/mol. The normalized spacial score (nSPS) is 15.5. The average Bonchev–Trinajstić information content (AvgIpc) is 4.04. The fourth-order valence-corrected chi connectivity index (χ4v) is 5.75. The Kier molecular flexibility index (Phi) is 8.01. The Hall–Kier alpha value is -5.40. The molecule has 2 N–H and O–H groups in total. The van der Waals surface area contributed by atoms with Crippen molar-refractivity contribution in [3.8, 4) is 28.7 Å². The van der Waals surface area contributed by atoms with Gasteiger partial charge in [-0.05, 0) is 44.2 Å². The number of hydrogen-bond donors (Lipinski definition) is 1. The summed E-state index contributed by atoms with van der Waals surface area (Å²) in [5.41, 5.74) is 8.45. The number of ether oxygens (including phenoxy) is 1. The summed E-state index contributed by atoms with van der Waals surface area (Å²) in [7, 11) is 1.52. The molecule has 7 rings (SSSR count). The van der Waals surface area contributed by atoms with Crippen molar-refractivity contribution >= 4 is 22.8 Å². The number of allylic oxidation sites excluding steroid dienone is 1. The lowest BCUT2D eigenvalue weighted by atomic mass is 10.1. The number of fused-ring (bicyclic) bond motifs is 1. The molecule has 246 valence electrons. The van der Waals surface area contributed by atoms with Crippen molar-refractivity contribution in [3.05, 3.63) is 88.1 Å². The summed E-state index contributed by atoms with van der Waals surface area (Å²) in [5.74, 6) is 1.18. The Morgan fingerprint density at radius 3 is 2.52 bits per heavy atom. The molecule has 2 fully saturated rings. The summed E-state index contributed by atoms with van der Waals surface area (Å²) in [6, 6.07) is 8.69. The summed E-state index contributed by atoms with van der Waals surface area (Å²) in [5, 5.41) is 0.587. The van der Waals surface area contributed by atoms with Crippen LogP contribution in [0.4, 0.5) is 13.2 Å². The standard InChI is InChI=1S/C34H32F3N9O2/c1-3-39-14-23(13-38)25-12-22-15-40-29(27-28(20-8-9-20)41-18-42-32(27)48-2)44-31(22)46(33(25)47)16-19-4-6-21(7-5-19)30-43-26(34(35,36)37)17-45(30)24-10-11-24/h4-7,12-15,17-18,20,24H,3,8-11,16,38H2,1-2H3/b23-13+,39-14?. The Morgan fingerprint density at radius 1 is 1.10 bits per heavy atom. The molecular formula is C34H32F3N9O2. The van der Waals surface area contributed by atoms with E-state index in [0.29, 0.717) is 51.5 Å². The number of methoxy groups -OCH3 is 1. The van der Waals surface area contributed by atoms with E-state index in [1.165, 1.54) is 24.2 Å². The first-order valence-electron chi connectivity index (χ1n) is 15.7. The topological polar surface area (TPSA) is 139 Å². The first-order chi connectivity index (χ1) is 23.2. The van der Waals surface area contributed by atoms with Crippen molar-refractivity contribution in [2.24, 2.45) is 10.7 Å². The first-order valence-corrected chi connectivity index (χ1v) is 15.7. The SMILES string of the molecule is CCN=C/C(=C\N)c1cc2cnc(-c3c(OC)ncnc3C3CC3)nc2n(Cc2ccc(-c3nc(C(F)(F)F)cn3C3CC3)cc2)c1=O. The molecule has 0 atom stereocenters. The van der Waals surface area contributed by atoms with Crippen LogP contribution in [0.2, 0.25) is 0 Å². The fraction of sp³-hybridized carbons (Fsp3) is 0.324. The molecule has 14 heteroatoms. The number of halogens is 3. The van der Waals surface area contributed by atoms with Crippen LogP contribution in [0.15, 0.2) is 65.0 Å². The van der Waals surface area contributed by atoms with Gasteiger partial charge in [0.05, 0.1) is 24.9 Å². The van der Waals surface area contributed by atoms with Crippen LogP contribution in [0.25, 0.3) is 39.4 Å². The molecule has 2 saturated carbocycles. The maximum atomic E-state index is 14.2. The predicted octanol–water partition coefficient (Wildman–Crippen LogP) is 5.79. The zero-order valence-electron chi connectivity index (χ0n) is 26.3. The lowest BCUT2D eigenvalue weighted by Gasteiger charge is -2.15. The van der Waals surface area contributed by atoms with Crippen LogP contribution >= 0.6 is 0 Å². The Morgan fingerprint density at radius 2 is 1.88 bits per heavy atom. The number of pyridine rings is 1. The van der Waals surface area contributed by atoms with Gasteiger partial charge in [0.2, 0.25) is 5.88 Å². The van der Waals surface area contributed by atoms with Gasteiger partial charge in [0, 0.05) is 59.8 Å². The van der Waals surface area contributed by atoms with E-state index in [9.17, 15) is 18.0 Å². The maximum absolute atomic E-state index is 14.2. The van der Waals surface area contributed by atoms with Gasteiger partial charge in [-0.15, -0.1) is 0 Å². The summed E-state index contributed by atoms with van der Waals surface area (Å²) in [4.78, 5) is 40.8. The zero-order chi connectivity index (χ0) is 33.6. The molecule has 0 radical (unpaired) electrons. The highest BCUT2D eigenvalue weighted by atomic mass is 19.4. The number of nitrogens with two attached hydrogens (primary N) is 1. The van der Waals surface area contributed by atoms with E-state index in [1.807, 2.05) is 6.92 Å². The van der Waals surface area contributed by atoms with Crippen molar-refractivity contribution in [2.45, 2.75) is 57.3 Å². The van der Waals surface area contributed by atoms with Gasteiger partial charge in [0.1, 0.15) is 23.4 Å². The van der Waals surface area contributed by atoms with E-state index < -0.39 is 11.9 Å². The third-order valence-electron chi connectivity index (χ3n) is 8.47. The zero-order valence-corrected chi connectivity index (χ0v) is 26.3. The van der Waals surface area contributed by atoms with E-state index in [4.69, 9.17) is 15.5 Å². The smallest absolute Gasteiger partial charge is 0.434 e. The highest BCUT2D eigenvalue weighted by molar-refractivity contribution is 6.10. The van der Waals surface area contributed by atoms with Gasteiger partial charge in [-0.1, -0.05) is 24.3 Å². The lowest BCUT2D eigenvalue weighted by molar-refractivity contribution is -0.140. The third kappa shape index (κ3) is 5.93. The van der Waals surface area contributed by atoms with Gasteiger partial charge in [-0.3, -0.25) is 14.4 Å². The van der Waals surface area contributed by atoms with Crippen LogP contribution in [-0.4, -0.2) is 53.9 Å². The van der Waals surface area contributed by atoms with E-state index >= 15 is 0 Å². The summed E-state index contributed by atoms with van der Waals surface area (Å²) in [6.45, 7) is 2.48. The molecule has 5 aromatic rings. The number of rotatable bonds is 10. The second kappa shape index (κ2) is 12.3. The van der Waals surface area contributed by atoms with Crippen molar-refractivity contribution in [3.63, 3.8) is 0 Å². The molecule has 0 bridgehead atoms. The molecule has 4 aromatic heterocycles.